The van der Waals surface area contributed by atoms with Gasteiger partial charge in [-0.15, -0.1) is 0 Å². The maximum atomic E-state index is 11.0. The van der Waals surface area contributed by atoms with E-state index < -0.39 is 0 Å². The maximum Gasteiger partial charge on any atom is 0.134 e. The standard InChI is InChI=1S/C12H11NO/c1-9(14)6-11-8-13-7-10-4-2-3-5-12(10)11/h2-5,7-8H,6H2,1H3. The molecule has 2 nitrogen and oxygen atoms in total. The molecule has 2 heteroatoms. The number of rotatable bonds is 2. The molecule has 0 unspecified atom stereocenters. The van der Waals surface area contributed by atoms with Crippen LogP contribution in [-0.2, 0) is 11.2 Å². The first-order valence-electron chi connectivity index (χ1n) is 4.58. The maximum absolute atomic E-state index is 11.0. The van der Waals surface area contributed by atoms with Crippen LogP contribution in [0, 0.1) is 0 Å². The molecule has 70 valence electrons. The number of benzene rings is 1. The minimum Gasteiger partial charge on any atom is -0.300 e. The molecule has 2 aromatic rings. The molecule has 0 spiro atoms. The van der Waals surface area contributed by atoms with E-state index in [1.54, 1.807) is 13.1 Å². The fourth-order valence-corrected chi connectivity index (χ4v) is 1.59. The Balaban J connectivity index is 2.59. The molecule has 0 saturated heterocycles. The lowest BCUT2D eigenvalue weighted by Crippen LogP contribution is -1.97. The van der Waals surface area contributed by atoms with Crippen molar-refractivity contribution in [3.63, 3.8) is 0 Å². The summed E-state index contributed by atoms with van der Waals surface area (Å²) in [4.78, 5) is 15.1. The second-order valence-corrected chi connectivity index (χ2v) is 3.40. The van der Waals surface area contributed by atoms with Gasteiger partial charge in [-0.25, -0.2) is 0 Å². The normalized spacial score (nSPS) is 10.4. The predicted octanol–water partition coefficient (Wildman–Crippen LogP) is 2.37. The van der Waals surface area contributed by atoms with Crippen molar-refractivity contribution in [3.8, 4) is 0 Å². The number of hydrogen-bond acceptors (Lipinski definition) is 2. The molecule has 1 heterocycles. The number of carbonyl (C=O) groups is 1. The summed E-state index contributed by atoms with van der Waals surface area (Å²) in [5.41, 5.74) is 1.01. The van der Waals surface area contributed by atoms with Gasteiger partial charge in [0.25, 0.3) is 0 Å². The van der Waals surface area contributed by atoms with E-state index in [1.165, 1.54) is 0 Å². The van der Waals surface area contributed by atoms with Crippen LogP contribution in [0.2, 0.25) is 0 Å². The van der Waals surface area contributed by atoms with Gasteiger partial charge in [-0.3, -0.25) is 9.78 Å². The van der Waals surface area contributed by atoms with Crippen molar-refractivity contribution >= 4 is 16.6 Å². The van der Waals surface area contributed by atoms with E-state index >= 15 is 0 Å². The molecular weight excluding hydrogens is 174 g/mol. The summed E-state index contributed by atoms with van der Waals surface area (Å²) in [5, 5.41) is 2.21. The summed E-state index contributed by atoms with van der Waals surface area (Å²) in [7, 11) is 0. The Hall–Kier alpha value is -1.70. The van der Waals surface area contributed by atoms with E-state index in [-0.39, 0.29) is 5.78 Å². The molecule has 0 fully saturated rings. The van der Waals surface area contributed by atoms with Crippen LogP contribution in [0.15, 0.2) is 36.7 Å². The van der Waals surface area contributed by atoms with Gasteiger partial charge in [-0.05, 0) is 17.9 Å². The molecule has 1 aromatic heterocycles. The van der Waals surface area contributed by atoms with Crippen LogP contribution in [0.25, 0.3) is 10.8 Å². The van der Waals surface area contributed by atoms with E-state index in [1.807, 2.05) is 30.5 Å². The number of pyridine rings is 1. The largest absolute Gasteiger partial charge is 0.300 e. The Morgan fingerprint density at radius 1 is 1.29 bits per heavy atom. The summed E-state index contributed by atoms with van der Waals surface area (Å²) < 4.78 is 0. The van der Waals surface area contributed by atoms with Crippen molar-refractivity contribution in [3.05, 3.63) is 42.2 Å². The third-order valence-corrected chi connectivity index (χ3v) is 2.19. The first-order chi connectivity index (χ1) is 6.77. The molecule has 0 aliphatic heterocycles. The Morgan fingerprint density at radius 2 is 2.07 bits per heavy atom. The zero-order chi connectivity index (χ0) is 9.97. The number of ketones is 1. The Morgan fingerprint density at radius 3 is 2.86 bits per heavy atom. The molecule has 0 bridgehead atoms. The SMILES string of the molecule is CC(=O)Cc1cncc2ccccc12. The molecule has 2 rings (SSSR count). The molecular formula is C12H11NO. The van der Waals surface area contributed by atoms with E-state index in [2.05, 4.69) is 4.98 Å². The molecule has 1 aromatic carbocycles. The van der Waals surface area contributed by atoms with E-state index in [4.69, 9.17) is 0 Å². The Labute approximate surface area is 82.6 Å². The topological polar surface area (TPSA) is 30.0 Å². The third-order valence-electron chi connectivity index (χ3n) is 2.19. The van der Waals surface area contributed by atoms with Crippen LogP contribution in [0.4, 0.5) is 0 Å². The van der Waals surface area contributed by atoms with Crippen LogP contribution in [0.5, 0.6) is 0 Å². The van der Waals surface area contributed by atoms with E-state index in [9.17, 15) is 4.79 Å². The lowest BCUT2D eigenvalue weighted by Gasteiger charge is -2.02. The van der Waals surface area contributed by atoms with Crippen LogP contribution >= 0.6 is 0 Å². The van der Waals surface area contributed by atoms with Gasteiger partial charge in [0.15, 0.2) is 0 Å². The molecule has 0 atom stereocenters. The summed E-state index contributed by atoms with van der Waals surface area (Å²) >= 11 is 0. The van der Waals surface area contributed by atoms with Crippen LogP contribution in [0.3, 0.4) is 0 Å². The predicted molar refractivity (Wildman–Crippen MR) is 56.1 cm³/mol. The van der Waals surface area contributed by atoms with Gasteiger partial charge >= 0.3 is 0 Å². The van der Waals surface area contributed by atoms with E-state index in [0.29, 0.717) is 6.42 Å². The number of fused-ring (bicyclic) bond motifs is 1. The van der Waals surface area contributed by atoms with Crippen LogP contribution in [0.1, 0.15) is 12.5 Å². The number of Topliss-reactive ketones (excluding diaryl/α,β-unsaturated/α-hetero) is 1. The number of hydrogen-bond donors (Lipinski definition) is 0. The molecule has 0 aliphatic carbocycles. The number of nitrogens with zero attached hydrogens (tertiary/aromatic N) is 1. The van der Waals surface area contributed by atoms with E-state index in [0.717, 1.165) is 16.3 Å². The van der Waals surface area contributed by atoms with Crippen LogP contribution in [-0.4, -0.2) is 10.8 Å². The van der Waals surface area contributed by atoms with Gasteiger partial charge in [-0.2, -0.15) is 0 Å². The number of aromatic nitrogens is 1. The zero-order valence-electron chi connectivity index (χ0n) is 8.03. The highest BCUT2D eigenvalue weighted by molar-refractivity contribution is 5.89. The Bertz CT molecular complexity index is 471. The number of carbonyl (C=O) groups excluding carboxylic acids is 1. The summed E-state index contributed by atoms with van der Waals surface area (Å²) in [6.07, 6.45) is 4.05. The fraction of sp³-hybridized carbons (Fsp3) is 0.167. The first-order valence-corrected chi connectivity index (χ1v) is 4.58. The molecule has 0 aliphatic rings. The minimum absolute atomic E-state index is 0.170. The summed E-state index contributed by atoms with van der Waals surface area (Å²) in [5.74, 6) is 0.170. The molecule has 0 amide bonds. The van der Waals surface area contributed by atoms with Gasteiger partial charge in [0, 0.05) is 24.2 Å². The monoisotopic (exact) mass is 185 g/mol. The average Bonchev–Trinajstić information content (AvgIpc) is 2.18. The highest BCUT2D eigenvalue weighted by Gasteiger charge is 2.02. The smallest absolute Gasteiger partial charge is 0.134 e. The summed E-state index contributed by atoms with van der Waals surface area (Å²) in [6.45, 7) is 1.60. The van der Waals surface area contributed by atoms with Crippen molar-refractivity contribution in [2.45, 2.75) is 13.3 Å². The molecule has 0 N–H and O–H groups in total. The van der Waals surface area contributed by atoms with Gasteiger partial charge < -0.3 is 0 Å². The average molecular weight is 185 g/mol. The van der Waals surface area contributed by atoms with Gasteiger partial charge in [0.1, 0.15) is 5.78 Å². The van der Waals surface area contributed by atoms with Crippen LogP contribution < -0.4 is 0 Å². The quantitative estimate of drug-likeness (QED) is 0.719. The summed E-state index contributed by atoms with van der Waals surface area (Å²) in [6, 6.07) is 7.98. The van der Waals surface area contributed by atoms with Gasteiger partial charge in [0.05, 0.1) is 0 Å². The third kappa shape index (κ3) is 1.64. The van der Waals surface area contributed by atoms with Crippen molar-refractivity contribution in [1.29, 1.82) is 0 Å². The second-order valence-electron chi connectivity index (χ2n) is 3.40. The Kier molecular flexibility index (Phi) is 2.27. The minimum atomic E-state index is 0.170. The lowest BCUT2D eigenvalue weighted by molar-refractivity contribution is -0.116. The first kappa shape index (κ1) is 8.88. The van der Waals surface area contributed by atoms with Crippen molar-refractivity contribution in [1.82, 2.24) is 4.98 Å². The van der Waals surface area contributed by atoms with Crippen molar-refractivity contribution < 1.29 is 4.79 Å². The molecule has 14 heavy (non-hydrogen) atoms. The molecule has 0 radical (unpaired) electrons. The zero-order valence-corrected chi connectivity index (χ0v) is 8.03. The molecule has 0 saturated carbocycles. The second kappa shape index (κ2) is 3.58. The highest BCUT2D eigenvalue weighted by Crippen LogP contribution is 2.17. The lowest BCUT2D eigenvalue weighted by atomic mass is 10.0. The van der Waals surface area contributed by atoms with Crippen molar-refractivity contribution in [2.75, 3.05) is 0 Å². The highest BCUT2D eigenvalue weighted by atomic mass is 16.1. The van der Waals surface area contributed by atoms with Gasteiger partial charge in [0.2, 0.25) is 0 Å². The van der Waals surface area contributed by atoms with Gasteiger partial charge in [-0.1, -0.05) is 24.3 Å². The van der Waals surface area contributed by atoms with Crippen molar-refractivity contribution in [2.24, 2.45) is 0 Å². The fourth-order valence-electron chi connectivity index (χ4n) is 1.59.